The zero-order valence-corrected chi connectivity index (χ0v) is 11.8. The van der Waals surface area contributed by atoms with Crippen molar-refractivity contribution >= 4 is 21.5 Å². The van der Waals surface area contributed by atoms with Crippen LogP contribution in [-0.2, 0) is 4.74 Å². The van der Waals surface area contributed by atoms with Gasteiger partial charge in [-0.15, -0.1) is 0 Å². The van der Waals surface area contributed by atoms with E-state index in [0.29, 0.717) is 12.0 Å². The van der Waals surface area contributed by atoms with E-state index < -0.39 is 0 Å². The predicted octanol–water partition coefficient (Wildman–Crippen LogP) is 4.63. The van der Waals surface area contributed by atoms with Gasteiger partial charge in [-0.1, -0.05) is 52.7 Å². The van der Waals surface area contributed by atoms with Crippen LogP contribution in [0.1, 0.15) is 31.2 Å². The molecule has 1 nitrogen and oxygen atoms in total. The molecule has 17 heavy (non-hydrogen) atoms. The number of rotatable bonds is 3. The van der Waals surface area contributed by atoms with E-state index in [1.807, 2.05) is 7.11 Å². The molecule has 0 saturated heterocycles. The number of benzene rings is 1. The molecule has 0 unspecified atom stereocenters. The third kappa shape index (κ3) is 3.20. The summed E-state index contributed by atoms with van der Waals surface area (Å²) in [5, 5.41) is 0. The Morgan fingerprint density at radius 1 is 1.29 bits per heavy atom. The maximum absolute atomic E-state index is 5.51. The number of allylic oxidation sites excluding steroid dienone is 1. The largest absolute Gasteiger partial charge is 0.381 e. The van der Waals surface area contributed by atoms with Crippen LogP contribution in [0.3, 0.4) is 0 Å². The zero-order valence-electron chi connectivity index (χ0n) is 10.2. The maximum atomic E-state index is 5.51. The molecule has 2 heteroatoms. The summed E-state index contributed by atoms with van der Waals surface area (Å²) in [6, 6.07) is 10.6. The van der Waals surface area contributed by atoms with Crippen molar-refractivity contribution in [3.63, 3.8) is 0 Å². The Bertz CT molecular complexity index is 372. The van der Waals surface area contributed by atoms with Crippen LogP contribution in [0.4, 0.5) is 0 Å². The van der Waals surface area contributed by atoms with E-state index >= 15 is 0 Å². The van der Waals surface area contributed by atoms with Crippen LogP contribution < -0.4 is 0 Å². The Labute approximate surface area is 112 Å². The predicted molar refractivity (Wildman–Crippen MR) is 76.1 cm³/mol. The summed E-state index contributed by atoms with van der Waals surface area (Å²) >= 11 is 3.53. The topological polar surface area (TPSA) is 9.23 Å². The summed E-state index contributed by atoms with van der Waals surface area (Å²) in [5.74, 6) is 0.621. The van der Waals surface area contributed by atoms with Crippen LogP contribution in [0, 0.1) is 5.92 Å². The van der Waals surface area contributed by atoms with Gasteiger partial charge in [-0.05, 0) is 41.3 Å². The molecule has 92 valence electrons. The summed E-state index contributed by atoms with van der Waals surface area (Å²) < 4.78 is 5.51. The minimum Gasteiger partial charge on any atom is -0.381 e. The van der Waals surface area contributed by atoms with Crippen molar-refractivity contribution in [2.45, 2.75) is 31.8 Å². The van der Waals surface area contributed by atoms with Crippen LogP contribution >= 0.6 is 15.9 Å². The van der Waals surface area contributed by atoms with Gasteiger partial charge in [0, 0.05) is 7.11 Å². The molecule has 0 spiro atoms. The Morgan fingerprint density at radius 2 is 2.06 bits per heavy atom. The van der Waals surface area contributed by atoms with E-state index in [-0.39, 0.29) is 0 Å². The molecule has 2 rings (SSSR count). The molecule has 0 aliphatic heterocycles. The summed E-state index contributed by atoms with van der Waals surface area (Å²) in [7, 11) is 1.83. The Hall–Kier alpha value is -0.600. The first kappa shape index (κ1) is 12.8. The Balaban J connectivity index is 2.14. The van der Waals surface area contributed by atoms with Crippen molar-refractivity contribution in [1.29, 1.82) is 0 Å². The Morgan fingerprint density at radius 3 is 2.71 bits per heavy atom. The highest BCUT2D eigenvalue weighted by atomic mass is 79.9. The number of halogens is 1. The zero-order chi connectivity index (χ0) is 12.1. The van der Waals surface area contributed by atoms with E-state index in [4.69, 9.17) is 4.74 Å². The second-order valence-corrected chi connectivity index (χ2v) is 5.11. The fourth-order valence-corrected chi connectivity index (χ4v) is 3.30. The van der Waals surface area contributed by atoms with Gasteiger partial charge in [-0.3, -0.25) is 0 Å². The quantitative estimate of drug-likeness (QED) is 0.790. The number of hydrogen-bond acceptors (Lipinski definition) is 1. The van der Waals surface area contributed by atoms with Gasteiger partial charge in [0.15, 0.2) is 0 Å². The molecule has 1 aromatic rings. The molecule has 1 fully saturated rings. The molecule has 0 aromatic heterocycles. The number of hydrogen-bond donors (Lipinski definition) is 0. The van der Waals surface area contributed by atoms with Crippen molar-refractivity contribution in [2.24, 2.45) is 5.92 Å². The van der Waals surface area contributed by atoms with Gasteiger partial charge in [0.2, 0.25) is 0 Å². The molecular weight excluding hydrogens is 276 g/mol. The average Bonchev–Trinajstić information content (AvgIpc) is 2.41. The van der Waals surface area contributed by atoms with Gasteiger partial charge in [0.1, 0.15) is 0 Å². The van der Waals surface area contributed by atoms with Gasteiger partial charge in [0.05, 0.1) is 6.10 Å². The summed E-state index contributed by atoms with van der Waals surface area (Å²) in [6.45, 7) is 0. The first-order valence-electron chi connectivity index (χ1n) is 6.23. The SMILES string of the molecule is CO[C@@H]1CCC[C@H](/C(=C/Br)c2ccccc2)C1. The summed E-state index contributed by atoms with van der Waals surface area (Å²) in [5.41, 5.74) is 2.73. The third-order valence-corrected chi connectivity index (χ3v) is 4.12. The van der Waals surface area contributed by atoms with Crippen LogP contribution in [0.5, 0.6) is 0 Å². The van der Waals surface area contributed by atoms with Crippen molar-refractivity contribution in [3.8, 4) is 0 Å². The second kappa shape index (κ2) is 6.36. The normalized spacial score (nSPS) is 25.9. The van der Waals surface area contributed by atoms with E-state index in [1.165, 1.54) is 30.4 Å². The lowest BCUT2D eigenvalue weighted by Gasteiger charge is -2.30. The summed E-state index contributed by atoms with van der Waals surface area (Å²) in [4.78, 5) is 2.09. The van der Waals surface area contributed by atoms with Gasteiger partial charge in [-0.2, -0.15) is 0 Å². The molecule has 1 aliphatic carbocycles. The van der Waals surface area contributed by atoms with E-state index in [9.17, 15) is 0 Å². The van der Waals surface area contributed by atoms with Crippen molar-refractivity contribution in [3.05, 3.63) is 40.9 Å². The van der Waals surface area contributed by atoms with Gasteiger partial charge in [-0.25, -0.2) is 0 Å². The van der Waals surface area contributed by atoms with Gasteiger partial charge in [0.25, 0.3) is 0 Å². The smallest absolute Gasteiger partial charge is 0.0577 e. The van der Waals surface area contributed by atoms with Gasteiger partial charge >= 0.3 is 0 Å². The van der Waals surface area contributed by atoms with Crippen LogP contribution in [-0.4, -0.2) is 13.2 Å². The molecule has 1 saturated carbocycles. The lowest BCUT2D eigenvalue weighted by atomic mass is 9.80. The molecule has 0 amide bonds. The highest BCUT2D eigenvalue weighted by Crippen LogP contribution is 2.36. The minimum atomic E-state index is 0.430. The third-order valence-electron chi connectivity index (χ3n) is 3.62. The van der Waals surface area contributed by atoms with Crippen LogP contribution in [0.15, 0.2) is 35.3 Å². The van der Waals surface area contributed by atoms with Crippen molar-refractivity contribution in [2.75, 3.05) is 7.11 Å². The van der Waals surface area contributed by atoms with E-state index in [2.05, 4.69) is 51.2 Å². The van der Waals surface area contributed by atoms with Crippen molar-refractivity contribution < 1.29 is 4.74 Å². The summed E-state index contributed by atoms with van der Waals surface area (Å²) in [6.07, 6.45) is 5.31. The average molecular weight is 295 g/mol. The molecular formula is C15H19BrO. The molecule has 1 aromatic carbocycles. The van der Waals surface area contributed by atoms with Crippen LogP contribution in [0.2, 0.25) is 0 Å². The Kier molecular flexibility index (Phi) is 4.81. The molecule has 1 aliphatic rings. The fraction of sp³-hybridized carbons (Fsp3) is 0.467. The van der Waals surface area contributed by atoms with Crippen molar-refractivity contribution in [1.82, 2.24) is 0 Å². The minimum absolute atomic E-state index is 0.430. The lowest BCUT2D eigenvalue weighted by Crippen LogP contribution is -2.22. The maximum Gasteiger partial charge on any atom is 0.0577 e. The monoisotopic (exact) mass is 294 g/mol. The number of methoxy groups -OCH3 is 1. The van der Waals surface area contributed by atoms with E-state index in [0.717, 1.165) is 6.42 Å². The standard InChI is InChI=1S/C15H19BrO/c1-17-14-9-5-8-13(10-14)15(11-16)12-6-3-2-4-7-12/h2-4,6-7,11,13-14H,5,8-10H2,1H3/b15-11+/t13-,14+/m0/s1. The highest BCUT2D eigenvalue weighted by Gasteiger charge is 2.24. The molecule has 0 heterocycles. The van der Waals surface area contributed by atoms with E-state index in [1.54, 1.807) is 0 Å². The number of ether oxygens (including phenoxy) is 1. The molecule has 2 atom stereocenters. The fourth-order valence-electron chi connectivity index (χ4n) is 2.66. The lowest BCUT2D eigenvalue weighted by molar-refractivity contribution is 0.0605. The van der Waals surface area contributed by atoms with Crippen LogP contribution in [0.25, 0.3) is 5.57 Å². The highest BCUT2D eigenvalue weighted by molar-refractivity contribution is 9.11. The second-order valence-electron chi connectivity index (χ2n) is 4.65. The molecule has 0 radical (unpaired) electrons. The first-order valence-corrected chi connectivity index (χ1v) is 7.15. The molecule has 0 bridgehead atoms. The molecule has 0 N–H and O–H groups in total. The first-order chi connectivity index (χ1) is 8.35. The van der Waals surface area contributed by atoms with Gasteiger partial charge < -0.3 is 4.74 Å².